The molecule has 2 N–H and O–H groups in total. The molecule has 6 heteroatoms. The second-order valence-electron chi connectivity index (χ2n) is 4.08. The summed E-state index contributed by atoms with van der Waals surface area (Å²) in [6.45, 7) is 1.76. The topological polar surface area (TPSA) is 83.6 Å². The fraction of sp³-hybridized carbons (Fsp3) is 0.0769. The van der Waals surface area contributed by atoms with Crippen molar-refractivity contribution in [2.45, 2.75) is 6.92 Å². The average molecular weight is 253 g/mol. The molecule has 6 nitrogen and oxygen atoms in total. The SMILES string of the molecule is Cc1nc(NC(=O)c2nccc3ccccc23)n[nH]1. The van der Waals surface area contributed by atoms with Gasteiger partial charge in [-0.2, -0.15) is 4.98 Å². The number of pyridine rings is 1. The summed E-state index contributed by atoms with van der Waals surface area (Å²) in [5.41, 5.74) is 0.362. The summed E-state index contributed by atoms with van der Waals surface area (Å²) in [5, 5.41) is 10.9. The van der Waals surface area contributed by atoms with Crippen molar-refractivity contribution >= 4 is 22.6 Å². The molecular formula is C13H11N5O. The first-order chi connectivity index (χ1) is 9.24. The summed E-state index contributed by atoms with van der Waals surface area (Å²) in [7, 11) is 0. The first-order valence-electron chi connectivity index (χ1n) is 5.78. The Morgan fingerprint density at radius 2 is 2.11 bits per heavy atom. The molecule has 0 saturated carbocycles. The first-order valence-corrected chi connectivity index (χ1v) is 5.78. The smallest absolute Gasteiger partial charge is 0.277 e. The van der Waals surface area contributed by atoms with E-state index in [1.807, 2.05) is 30.3 Å². The number of hydrogen-bond donors (Lipinski definition) is 2. The van der Waals surface area contributed by atoms with Gasteiger partial charge in [0.25, 0.3) is 5.91 Å². The number of H-pyrrole nitrogens is 1. The molecule has 0 aliphatic rings. The Balaban J connectivity index is 1.97. The number of amides is 1. The molecule has 94 valence electrons. The van der Waals surface area contributed by atoms with E-state index in [0.29, 0.717) is 11.5 Å². The Hall–Kier alpha value is -2.76. The normalized spacial score (nSPS) is 10.6. The minimum absolute atomic E-state index is 0.247. The fourth-order valence-corrected chi connectivity index (χ4v) is 1.86. The van der Waals surface area contributed by atoms with E-state index in [1.165, 1.54) is 0 Å². The zero-order valence-corrected chi connectivity index (χ0v) is 10.2. The summed E-state index contributed by atoms with van der Waals surface area (Å²) in [6, 6.07) is 9.45. The molecule has 0 spiro atoms. The highest BCUT2D eigenvalue weighted by Crippen LogP contribution is 2.16. The number of aromatic amines is 1. The van der Waals surface area contributed by atoms with Gasteiger partial charge in [0.15, 0.2) is 0 Å². The van der Waals surface area contributed by atoms with Crippen LogP contribution in [0, 0.1) is 6.92 Å². The number of anilines is 1. The van der Waals surface area contributed by atoms with Crippen LogP contribution in [0.3, 0.4) is 0 Å². The molecule has 2 aromatic heterocycles. The van der Waals surface area contributed by atoms with Crippen LogP contribution in [0.4, 0.5) is 5.95 Å². The van der Waals surface area contributed by atoms with Gasteiger partial charge in [-0.05, 0) is 18.4 Å². The van der Waals surface area contributed by atoms with Crippen LogP contribution in [0.25, 0.3) is 10.8 Å². The standard InChI is InChI=1S/C13H11N5O/c1-8-15-13(18-17-8)16-12(19)11-10-5-3-2-4-9(10)6-7-14-11/h2-7H,1H3,(H2,15,16,17,18,19). The molecule has 0 aliphatic heterocycles. The van der Waals surface area contributed by atoms with E-state index >= 15 is 0 Å². The highest BCUT2D eigenvalue weighted by Gasteiger charge is 2.13. The quantitative estimate of drug-likeness (QED) is 0.730. The lowest BCUT2D eigenvalue weighted by molar-refractivity contribution is 0.102. The zero-order chi connectivity index (χ0) is 13.2. The van der Waals surface area contributed by atoms with Gasteiger partial charge in [0.1, 0.15) is 11.5 Å². The molecule has 1 aromatic carbocycles. The third kappa shape index (κ3) is 2.15. The summed E-state index contributed by atoms with van der Waals surface area (Å²) in [6.07, 6.45) is 1.61. The van der Waals surface area contributed by atoms with E-state index in [9.17, 15) is 4.79 Å². The Kier molecular flexibility index (Phi) is 2.68. The van der Waals surface area contributed by atoms with Crippen LogP contribution < -0.4 is 5.32 Å². The van der Waals surface area contributed by atoms with Crippen LogP contribution in [-0.4, -0.2) is 26.1 Å². The van der Waals surface area contributed by atoms with Crippen molar-refractivity contribution in [3.8, 4) is 0 Å². The fourth-order valence-electron chi connectivity index (χ4n) is 1.86. The molecule has 0 bridgehead atoms. The predicted octanol–water partition coefficient (Wildman–Crippen LogP) is 1.91. The Labute approximate surface area is 108 Å². The maximum absolute atomic E-state index is 12.2. The van der Waals surface area contributed by atoms with Crippen LogP contribution in [0.1, 0.15) is 16.3 Å². The number of fused-ring (bicyclic) bond motifs is 1. The number of aromatic nitrogens is 4. The van der Waals surface area contributed by atoms with Gasteiger partial charge in [0, 0.05) is 11.6 Å². The number of nitrogens with one attached hydrogen (secondary N) is 2. The highest BCUT2D eigenvalue weighted by atomic mass is 16.2. The van der Waals surface area contributed by atoms with E-state index in [2.05, 4.69) is 25.5 Å². The molecule has 0 fully saturated rings. The Morgan fingerprint density at radius 3 is 2.89 bits per heavy atom. The van der Waals surface area contributed by atoms with E-state index in [4.69, 9.17) is 0 Å². The van der Waals surface area contributed by atoms with Crippen LogP contribution in [-0.2, 0) is 0 Å². The lowest BCUT2D eigenvalue weighted by Crippen LogP contribution is -2.15. The molecule has 3 rings (SSSR count). The lowest BCUT2D eigenvalue weighted by atomic mass is 10.1. The lowest BCUT2D eigenvalue weighted by Gasteiger charge is -2.04. The zero-order valence-electron chi connectivity index (χ0n) is 10.2. The average Bonchev–Trinajstić information content (AvgIpc) is 2.83. The minimum atomic E-state index is -0.323. The van der Waals surface area contributed by atoms with Crippen molar-refractivity contribution in [3.63, 3.8) is 0 Å². The molecule has 2 heterocycles. The maximum atomic E-state index is 12.2. The van der Waals surface area contributed by atoms with E-state index in [1.54, 1.807) is 13.1 Å². The van der Waals surface area contributed by atoms with Gasteiger partial charge in [0.2, 0.25) is 5.95 Å². The van der Waals surface area contributed by atoms with E-state index in [-0.39, 0.29) is 11.9 Å². The highest BCUT2D eigenvalue weighted by molar-refractivity contribution is 6.10. The number of rotatable bonds is 2. The second-order valence-corrected chi connectivity index (χ2v) is 4.08. The Bertz CT molecular complexity index is 744. The van der Waals surface area contributed by atoms with Crippen LogP contribution in [0.5, 0.6) is 0 Å². The number of carbonyl (C=O) groups is 1. The van der Waals surface area contributed by atoms with Crippen molar-refractivity contribution in [1.82, 2.24) is 20.2 Å². The molecule has 0 atom stereocenters. The minimum Gasteiger partial charge on any atom is -0.288 e. The van der Waals surface area contributed by atoms with Crippen LogP contribution in [0.15, 0.2) is 36.5 Å². The van der Waals surface area contributed by atoms with Crippen LogP contribution >= 0.6 is 0 Å². The maximum Gasteiger partial charge on any atom is 0.277 e. The third-order valence-electron chi connectivity index (χ3n) is 2.71. The molecule has 0 aliphatic carbocycles. The summed E-state index contributed by atoms with van der Waals surface area (Å²) in [4.78, 5) is 20.3. The van der Waals surface area contributed by atoms with Gasteiger partial charge in [0.05, 0.1) is 0 Å². The van der Waals surface area contributed by atoms with Gasteiger partial charge in [-0.3, -0.25) is 20.2 Å². The predicted molar refractivity (Wildman–Crippen MR) is 70.8 cm³/mol. The van der Waals surface area contributed by atoms with Gasteiger partial charge in [-0.1, -0.05) is 24.3 Å². The second kappa shape index (κ2) is 4.49. The number of benzene rings is 1. The van der Waals surface area contributed by atoms with Crippen LogP contribution in [0.2, 0.25) is 0 Å². The molecular weight excluding hydrogens is 242 g/mol. The number of aryl methyl sites for hydroxylation is 1. The summed E-state index contributed by atoms with van der Waals surface area (Å²) >= 11 is 0. The monoisotopic (exact) mass is 253 g/mol. The number of nitrogens with zero attached hydrogens (tertiary/aromatic N) is 3. The van der Waals surface area contributed by atoms with Gasteiger partial charge in [-0.25, -0.2) is 0 Å². The van der Waals surface area contributed by atoms with Gasteiger partial charge < -0.3 is 0 Å². The molecule has 0 unspecified atom stereocenters. The van der Waals surface area contributed by atoms with E-state index in [0.717, 1.165) is 10.8 Å². The molecule has 3 aromatic rings. The first kappa shape index (κ1) is 11.3. The molecule has 1 amide bonds. The van der Waals surface area contributed by atoms with Crippen molar-refractivity contribution in [2.75, 3.05) is 5.32 Å². The largest absolute Gasteiger partial charge is 0.288 e. The molecule has 19 heavy (non-hydrogen) atoms. The molecule has 0 radical (unpaired) electrons. The van der Waals surface area contributed by atoms with E-state index < -0.39 is 0 Å². The summed E-state index contributed by atoms with van der Waals surface area (Å²) in [5.74, 6) is 0.564. The number of carbonyl (C=O) groups excluding carboxylic acids is 1. The summed E-state index contributed by atoms with van der Waals surface area (Å²) < 4.78 is 0. The van der Waals surface area contributed by atoms with Gasteiger partial charge in [-0.15, -0.1) is 5.10 Å². The van der Waals surface area contributed by atoms with Crippen molar-refractivity contribution < 1.29 is 4.79 Å². The number of hydrogen-bond acceptors (Lipinski definition) is 4. The third-order valence-corrected chi connectivity index (χ3v) is 2.71. The van der Waals surface area contributed by atoms with Gasteiger partial charge >= 0.3 is 0 Å². The van der Waals surface area contributed by atoms with Crippen molar-refractivity contribution in [2.24, 2.45) is 0 Å². The van der Waals surface area contributed by atoms with Crippen molar-refractivity contribution in [1.29, 1.82) is 0 Å². The Morgan fingerprint density at radius 1 is 1.26 bits per heavy atom. The van der Waals surface area contributed by atoms with Crippen molar-refractivity contribution in [3.05, 3.63) is 48.0 Å². The molecule has 0 saturated heterocycles.